The Kier molecular flexibility index (Phi) is 3.73. The zero-order valence-corrected chi connectivity index (χ0v) is 14.7. The number of anilines is 1. The van der Waals surface area contributed by atoms with Crippen molar-refractivity contribution >= 4 is 32.6 Å². The topological polar surface area (TPSA) is 98.4 Å². The van der Waals surface area contributed by atoms with Crippen molar-refractivity contribution < 1.29 is 17.6 Å². The molecular formula is C18H16N2O5S. The molecule has 1 fully saturated rings. The molecule has 1 aliphatic carbocycles. The van der Waals surface area contributed by atoms with Gasteiger partial charge < -0.3 is 4.42 Å². The lowest BCUT2D eigenvalue weighted by atomic mass is 10.1. The molecule has 0 unspecified atom stereocenters. The average molecular weight is 372 g/mol. The normalized spacial score (nSPS) is 14.5. The number of Topliss-reactive ketones (excluding diaryl/α,β-unsaturated/α-hetero) is 1. The van der Waals surface area contributed by atoms with Crippen LogP contribution in [-0.2, 0) is 17.1 Å². The quantitative estimate of drug-likeness (QED) is 0.694. The van der Waals surface area contributed by atoms with Crippen LogP contribution in [0.1, 0.15) is 23.2 Å². The fourth-order valence-electron chi connectivity index (χ4n) is 2.78. The highest BCUT2D eigenvalue weighted by atomic mass is 32.2. The Hall–Kier alpha value is -2.87. The summed E-state index contributed by atoms with van der Waals surface area (Å²) in [6, 6.07) is 10.6. The van der Waals surface area contributed by atoms with Crippen molar-refractivity contribution in [2.45, 2.75) is 17.7 Å². The highest BCUT2D eigenvalue weighted by Crippen LogP contribution is 2.32. The van der Waals surface area contributed by atoms with Crippen molar-refractivity contribution in [3.63, 3.8) is 0 Å². The molecule has 3 aromatic rings. The molecule has 2 aromatic carbocycles. The van der Waals surface area contributed by atoms with E-state index in [0.717, 1.165) is 12.8 Å². The number of aromatic nitrogens is 1. The van der Waals surface area contributed by atoms with E-state index in [1.807, 2.05) is 0 Å². The predicted molar refractivity (Wildman–Crippen MR) is 95.8 cm³/mol. The fourth-order valence-corrected chi connectivity index (χ4v) is 3.85. The monoisotopic (exact) mass is 372 g/mol. The lowest BCUT2D eigenvalue weighted by Gasteiger charge is -2.09. The molecule has 4 rings (SSSR count). The van der Waals surface area contributed by atoms with Gasteiger partial charge in [0.2, 0.25) is 0 Å². The second kappa shape index (κ2) is 5.84. The minimum absolute atomic E-state index is 0.0162. The van der Waals surface area contributed by atoms with E-state index in [-0.39, 0.29) is 22.2 Å². The molecule has 26 heavy (non-hydrogen) atoms. The Labute approximate surface area is 149 Å². The van der Waals surface area contributed by atoms with Crippen molar-refractivity contribution in [2.24, 2.45) is 13.0 Å². The van der Waals surface area contributed by atoms with Gasteiger partial charge in [-0.15, -0.1) is 0 Å². The lowest BCUT2D eigenvalue weighted by Crippen LogP contribution is -2.13. The largest absolute Gasteiger partial charge is 0.419 e. The van der Waals surface area contributed by atoms with Crippen LogP contribution in [0.4, 0.5) is 5.69 Å². The van der Waals surface area contributed by atoms with E-state index in [2.05, 4.69) is 4.72 Å². The maximum atomic E-state index is 12.6. The van der Waals surface area contributed by atoms with Gasteiger partial charge in [-0.2, -0.15) is 0 Å². The molecular weight excluding hydrogens is 356 g/mol. The van der Waals surface area contributed by atoms with Gasteiger partial charge in [0.25, 0.3) is 10.0 Å². The molecule has 0 amide bonds. The smallest absolute Gasteiger partial charge is 0.408 e. The molecule has 1 aliphatic rings. The van der Waals surface area contributed by atoms with E-state index in [4.69, 9.17) is 4.42 Å². The highest BCUT2D eigenvalue weighted by Gasteiger charge is 2.30. The molecule has 0 bridgehead atoms. The molecule has 1 aromatic heterocycles. The number of oxazole rings is 1. The number of benzene rings is 2. The van der Waals surface area contributed by atoms with Gasteiger partial charge >= 0.3 is 5.76 Å². The maximum Gasteiger partial charge on any atom is 0.419 e. The molecule has 8 heteroatoms. The van der Waals surface area contributed by atoms with Crippen LogP contribution >= 0.6 is 0 Å². The molecule has 0 spiro atoms. The molecule has 7 nitrogen and oxygen atoms in total. The van der Waals surface area contributed by atoms with Gasteiger partial charge in [-0.1, -0.05) is 0 Å². The summed E-state index contributed by atoms with van der Waals surface area (Å²) in [5.74, 6) is -0.341. The van der Waals surface area contributed by atoms with Crippen molar-refractivity contribution in [1.29, 1.82) is 0 Å². The van der Waals surface area contributed by atoms with E-state index >= 15 is 0 Å². The molecule has 1 N–H and O–H groups in total. The summed E-state index contributed by atoms with van der Waals surface area (Å²) in [5, 5.41) is 0. The third kappa shape index (κ3) is 2.92. The number of carbonyl (C=O) groups is 1. The van der Waals surface area contributed by atoms with E-state index in [9.17, 15) is 18.0 Å². The van der Waals surface area contributed by atoms with Crippen molar-refractivity contribution in [3.05, 3.63) is 58.6 Å². The van der Waals surface area contributed by atoms with Gasteiger partial charge in [-0.05, 0) is 49.2 Å². The number of fused-ring (bicyclic) bond motifs is 1. The number of aryl methyl sites for hydroxylation is 1. The third-order valence-corrected chi connectivity index (χ3v) is 5.82. The summed E-state index contributed by atoms with van der Waals surface area (Å²) in [4.78, 5) is 23.5. The van der Waals surface area contributed by atoms with Gasteiger partial charge in [0.15, 0.2) is 11.4 Å². The zero-order valence-electron chi connectivity index (χ0n) is 13.9. The zero-order chi connectivity index (χ0) is 18.5. The van der Waals surface area contributed by atoms with E-state index in [0.29, 0.717) is 16.8 Å². The number of carbonyl (C=O) groups excluding carboxylic acids is 1. The van der Waals surface area contributed by atoms with Crippen LogP contribution in [0.25, 0.3) is 11.1 Å². The molecule has 1 saturated carbocycles. The van der Waals surface area contributed by atoms with Gasteiger partial charge in [-0.3, -0.25) is 14.1 Å². The summed E-state index contributed by atoms with van der Waals surface area (Å²) in [6.07, 6.45) is 1.84. The average Bonchev–Trinajstić information content (AvgIpc) is 3.42. The van der Waals surface area contributed by atoms with Crippen molar-refractivity contribution in [1.82, 2.24) is 4.57 Å². The second-order valence-corrected chi connectivity index (χ2v) is 8.06. The van der Waals surface area contributed by atoms with Gasteiger partial charge in [0.1, 0.15) is 0 Å². The van der Waals surface area contributed by atoms with Crippen molar-refractivity contribution in [2.75, 3.05) is 4.72 Å². The Morgan fingerprint density at radius 2 is 1.85 bits per heavy atom. The van der Waals surface area contributed by atoms with Gasteiger partial charge in [0.05, 0.1) is 10.4 Å². The first-order valence-electron chi connectivity index (χ1n) is 8.12. The lowest BCUT2D eigenvalue weighted by molar-refractivity contribution is 0.0967. The van der Waals surface area contributed by atoms with Crippen LogP contribution in [0.3, 0.4) is 0 Å². The summed E-state index contributed by atoms with van der Waals surface area (Å²) >= 11 is 0. The minimum Gasteiger partial charge on any atom is -0.408 e. The third-order valence-electron chi connectivity index (χ3n) is 4.44. The van der Waals surface area contributed by atoms with Crippen LogP contribution < -0.4 is 10.5 Å². The summed E-state index contributed by atoms with van der Waals surface area (Å²) in [6.45, 7) is 0. The molecule has 134 valence electrons. The highest BCUT2D eigenvalue weighted by molar-refractivity contribution is 7.92. The fraction of sp³-hybridized carbons (Fsp3) is 0.222. The van der Waals surface area contributed by atoms with Crippen LogP contribution in [0.15, 0.2) is 56.6 Å². The number of hydrogen-bond acceptors (Lipinski definition) is 5. The molecule has 0 radical (unpaired) electrons. The Morgan fingerprint density at radius 1 is 1.15 bits per heavy atom. The maximum absolute atomic E-state index is 12.6. The predicted octanol–water partition coefficient (Wildman–Crippen LogP) is 2.53. The van der Waals surface area contributed by atoms with Crippen LogP contribution in [0.2, 0.25) is 0 Å². The SMILES string of the molecule is Cn1c(=O)oc2cc(S(=O)(=O)Nc3ccc(C(=O)C4CC4)cc3)ccc21. The Bertz CT molecular complexity index is 1170. The van der Waals surface area contributed by atoms with E-state index in [1.165, 1.54) is 22.8 Å². The van der Waals surface area contributed by atoms with Crippen LogP contribution in [0, 0.1) is 5.92 Å². The first-order valence-corrected chi connectivity index (χ1v) is 9.60. The number of rotatable bonds is 5. The number of nitrogens with zero attached hydrogens (tertiary/aromatic N) is 1. The van der Waals surface area contributed by atoms with E-state index < -0.39 is 15.8 Å². The first kappa shape index (κ1) is 16.6. The second-order valence-electron chi connectivity index (χ2n) is 6.38. The first-order chi connectivity index (χ1) is 12.3. The number of nitrogens with one attached hydrogen (secondary N) is 1. The molecule has 0 saturated heterocycles. The molecule has 0 atom stereocenters. The van der Waals surface area contributed by atoms with E-state index in [1.54, 1.807) is 31.3 Å². The number of hydrogen-bond donors (Lipinski definition) is 1. The minimum atomic E-state index is -3.85. The number of sulfonamides is 1. The number of ketones is 1. The van der Waals surface area contributed by atoms with Crippen molar-refractivity contribution in [3.8, 4) is 0 Å². The Morgan fingerprint density at radius 3 is 2.50 bits per heavy atom. The van der Waals surface area contributed by atoms with Crippen LogP contribution in [0.5, 0.6) is 0 Å². The van der Waals surface area contributed by atoms with Gasteiger partial charge in [-0.25, -0.2) is 13.2 Å². The standard InChI is InChI=1S/C18H16N2O5S/c1-20-15-9-8-14(10-16(15)25-18(20)22)26(23,24)19-13-6-4-12(5-7-13)17(21)11-2-3-11/h4-11,19H,2-3H2,1H3. The summed E-state index contributed by atoms with van der Waals surface area (Å²) < 4.78 is 33.9. The molecule has 0 aliphatic heterocycles. The van der Waals surface area contributed by atoms with Crippen LogP contribution in [-0.4, -0.2) is 18.8 Å². The molecule has 1 heterocycles. The Balaban J connectivity index is 1.60. The summed E-state index contributed by atoms with van der Waals surface area (Å²) in [5.41, 5.74) is 1.65. The van der Waals surface area contributed by atoms with Gasteiger partial charge in [0, 0.05) is 30.3 Å². The summed E-state index contributed by atoms with van der Waals surface area (Å²) in [7, 11) is -2.30.